The molecule has 0 radical (unpaired) electrons. The largest absolute Gasteiger partial charge is 0.539 e. The molecular weight excluding hydrogens is 372 g/mol. The first-order valence-corrected chi connectivity index (χ1v) is 9.67. The number of rotatable bonds is 5. The Bertz CT molecular complexity index is 1030. The van der Waals surface area contributed by atoms with Crippen LogP contribution in [0.25, 0.3) is 10.8 Å². The number of amides is 2. The van der Waals surface area contributed by atoms with Crippen molar-refractivity contribution in [2.45, 2.75) is 19.4 Å². The van der Waals surface area contributed by atoms with Gasteiger partial charge in [-0.05, 0) is 35.6 Å². The molecule has 1 aliphatic rings. The van der Waals surface area contributed by atoms with Crippen LogP contribution in [-0.4, -0.2) is 41.6 Å². The van der Waals surface area contributed by atoms with Crippen LogP contribution in [0.5, 0.6) is 5.95 Å². The summed E-state index contributed by atoms with van der Waals surface area (Å²) in [4.78, 5) is 26.9. The number of fused-ring (bicyclic) bond motifs is 1. The second-order valence-corrected chi connectivity index (χ2v) is 7.30. The van der Waals surface area contributed by atoms with Crippen LogP contribution in [-0.2, 0) is 11.3 Å². The standard InChI is InChI=1S/C21H22N4O4/c26-19(13-25-14-20(27)29-23-25)24-10-4-5-15(12-24)11-22-21(28)18-9-3-7-16-6-1-2-8-17(16)18/h1-3,6-9,14-15H,4-5,10-13H2,(H-,22,23,27,28). The number of carbonyl (C=O) groups excluding carboxylic acids is 2. The molecule has 150 valence electrons. The fourth-order valence-corrected chi connectivity index (χ4v) is 3.79. The van der Waals surface area contributed by atoms with E-state index in [4.69, 9.17) is 0 Å². The van der Waals surface area contributed by atoms with E-state index >= 15 is 0 Å². The van der Waals surface area contributed by atoms with Gasteiger partial charge in [0.2, 0.25) is 6.20 Å². The maximum absolute atomic E-state index is 12.7. The van der Waals surface area contributed by atoms with E-state index in [0.717, 1.165) is 29.8 Å². The van der Waals surface area contributed by atoms with E-state index < -0.39 is 5.95 Å². The molecule has 2 aromatic carbocycles. The summed E-state index contributed by atoms with van der Waals surface area (Å²) in [5.41, 5.74) is 0.655. The second kappa shape index (κ2) is 8.30. The highest BCUT2D eigenvalue weighted by molar-refractivity contribution is 6.07. The average Bonchev–Trinajstić information content (AvgIpc) is 3.16. The fraction of sp³-hybridized carbons (Fsp3) is 0.333. The van der Waals surface area contributed by atoms with E-state index in [1.165, 1.54) is 4.68 Å². The summed E-state index contributed by atoms with van der Waals surface area (Å²) >= 11 is 0. The molecule has 3 aromatic rings. The maximum Gasteiger partial charge on any atom is 0.291 e. The molecule has 0 spiro atoms. The quantitative estimate of drug-likeness (QED) is 0.647. The van der Waals surface area contributed by atoms with Crippen molar-refractivity contribution in [2.75, 3.05) is 19.6 Å². The molecule has 1 fully saturated rings. The lowest BCUT2D eigenvalue weighted by atomic mass is 9.97. The summed E-state index contributed by atoms with van der Waals surface area (Å²) in [6.45, 7) is 1.71. The van der Waals surface area contributed by atoms with E-state index in [1.54, 1.807) is 4.90 Å². The van der Waals surface area contributed by atoms with E-state index in [2.05, 4.69) is 15.1 Å². The Kier molecular flexibility index (Phi) is 5.41. The van der Waals surface area contributed by atoms with Gasteiger partial charge in [-0.15, -0.1) is 0 Å². The molecular formula is C21H22N4O4. The van der Waals surface area contributed by atoms with Gasteiger partial charge in [-0.1, -0.05) is 41.1 Å². The van der Waals surface area contributed by atoms with Crippen LogP contribution in [0, 0.1) is 5.92 Å². The Morgan fingerprint density at radius 1 is 1.24 bits per heavy atom. The minimum atomic E-state index is -0.578. The van der Waals surface area contributed by atoms with Gasteiger partial charge in [-0.3, -0.25) is 9.59 Å². The van der Waals surface area contributed by atoms with Gasteiger partial charge >= 0.3 is 0 Å². The second-order valence-electron chi connectivity index (χ2n) is 7.30. The summed E-state index contributed by atoms with van der Waals surface area (Å²) in [5.74, 6) is -0.616. The van der Waals surface area contributed by atoms with Crippen LogP contribution in [0.3, 0.4) is 0 Å². The molecule has 1 N–H and O–H groups in total. The minimum Gasteiger partial charge on any atom is -0.539 e. The highest BCUT2D eigenvalue weighted by Gasteiger charge is 2.26. The molecule has 1 aliphatic heterocycles. The van der Waals surface area contributed by atoms with Crippen LogP contribution in [0.4, 0.5) is 0 Å². The number of benzene rings is 2. The fourth-order valence-electron chi connectivity index (χ4n) is 3.79. The monoisotopic (exact) mass is 394 g/mol. The van der Waals surface area contributed by atoms with Crippen molar-refractivity contribution in [3.63, 3.8) is 0 Å². The van der Waals surface area contributed by atoms with Gasteiger partial charge in [0.25, 0.3) is 18.4 Å². The number of likely N-dealkylation sites (tertiary alicyclic amines) is 1. The highest BCUT2D eigenvalue weighted by Crippen LogP contribution is 2.19. The zero-order valence-corrected chi connectivity index (χ0v) is 15.9. The molecule has 1 saturated heterocycles. The zero-order chi connectivity index (χ0) is 20.2. The first-order valence-electron chi connectivity index (χ1n) is 9.67. The predicted molar refractivity (Wildman–Crippen MR) is 102 cm³/mol. The van der Waals surface area contributed by atoms with Gasteiger partial charge < -0.3 is 19.8 Å². The molecule has 4 rings (SSSR count). The predicted octanol–water partition coefficient (Wildman–Crippen LogP) is 0.858. The van der Waals surface area contributed by atoms with Crippen molar-refractivity contribution < 1.29 is 23.9 Å². The Morgan fingerprint density at radius 2 is 2.07 bits per heavy atom. The molecule has 29 heavy (non-hydrogen) atoms. The lowest BCUT2D eigenvalue weighted by molar-refractivity contribution is -0.751. The molecule has 1 unspecified atom stereocenters. The highest BCUT2D eigenvalue weighted by atomic mass is 16.6. The van der Waals surface area contributed by atoms with Crippen LogP contribution < -0.4 is 15.1 Å². The van der Waals surface area contributed by atoms with Gasteiger partial charge in [0.1, 0.15) is 5.95 Å². The number of nitrogens with one attached hydrogen (secondary N) is 1. The zero-order valence-electron chi connectivity index (χ0n) is 15.9. The molecule has 2 heterocycles. The van der Waals surface area contributed by atoms with Gasteiger partial charge in [0.05, 0.1) is 5.27 Å². The summed E-state index contributed by atoms with van der Waals surface area (Å²) < 4.78 is 5.66. The number of nitrogens with zero attached hydrogens (tertiary/aromatic N) is 3. The lowest BCUT2D eigenvalue weighted by Crippen LogP contribution is -2.49. The molecule has 1 atom stereocenters. The Balaban J connectivity index is 1.34. The number of piperidine rings is 1. The first-order chi connectivity index (χ1) is 14.1. The van der Waals surface area contributed by atoms with Crippen molar-refractivity contribution >= 4 is 22.6 Å². The van der Waals surface area contributed by atoms with Crippen molar-refractivity contribution in [3.8, 4) is 5.95 Å². The summed E-state index contributed by atoms with van der Waals surface area (Å²) in [6, 6.07) is 13.5. The van der Waals surface area contributed by atoms with E-state index in [0.29, 0.717) is 25.2 Å². The molecule has 2 amide bonds. The Morgan fingerprint density at radius 3 is 2.90 bits per heavy atom. The van der Waals surface area contributed by atoms with E-state index in [-0.39, 0.29) is 24.3 Å². The topological polar surface area (TPSA) is 102 Å². The normalized spacial score (nSPS) is 16.7. The third-order valence-electron chi connectivity index (χ3n) is 5.24. The lowest BCUT2D eigenvalue weighted by Gasteiger charge is -2.32. The average molecular weight is 394 g/mol. The van der Waals surface area contributed by atoms with E-state index in [9.17, 15) is 14.7 Å². The summed E-state index contributed by atoms with van der Waals surface area (Å²) in [5, 5.41) is 19.5. The van der Waals surface area contributed by atoms with Crippen LogP contribution in [0.15, 0.2) is 53.2 Å². The maximum atomic E-state index is 12.7. The van der Waals surface area contributed by atoms with Gasteiger partial charge in [0.15, 0.2) is 0 Å². The molecule has 8 heteroatoms. The number of hydrogen-bond acceptors (Lipinski definition) is 5. The number of hydrogen-bond donors (Lipinski definition) is 1. The van der Waals surface area contributed by atoms with Crippen molar-refractivity contribution in [1.29, 1.82) is 0 Å². The van der Waals surface area contributed by atoms with Crippen LogP contribution >= 0.6 is 0 Å². The van der Waals surface area contributed by atoms with Crippen molar-refractivity contribution in [1.82, 2.24) is 15.5 Å². The van der Waals surface area contributed by atoms with E-state index in [1.807, 2.05) is 42.5 Å². The summed E-state index contributed by atoms with van der Waals surface area (Å²) in [6.07, 6.45) is 2.97. The minimum absolute atomic E-state index is 0.0270. The third kappa shape index (κ3) is 4.37. The van der Waals surface area contributed by atoms with Gasteiger partial charge in [-0.2, -0.15) is 0 Å². The van der Waals surface area contributed by atoms with Crippen molar-refractivity contribution in [2.24, 2.45) is 5.92 Å². The molecule has 0 aliphatic carbocycles. The van der Waals surface area contributed by atoms with Crippen LogP contribution in [0.1, 0.15) is 23.2 Å². The SMILES string of the molecule is O=C(NCC1CCCN(C(=O)C[n+]2cc([O-])on2)C1)c1cccc2ccccc12. The number of carbonyl (C=O) groups is 2. The smallest absolute Gasteiger partial charge is 0.291 e. The van der Waals surface area contributed by atoms with Crippen LogP contribution in [0.2, 0.25) is 0 Å². The molecule has 1 aromatic heterocycles. The third-order valence-corrected chi connectivity index (χ3v) is 5.24. The summed E-state index contributed by atoms with van der Waals surface area (Å²) in [7, 11) is 0. The Hall–Kier alpha value is -3.42. The molecule has 0 saturated carbocycles. The molecule has 8 nitrogen and oxygen atoms in total. The van der Waals surface area contributed by atoms with Crippen molar-refractivity contribution in [3.05, 3.63) is 54.2 Å². The van der Waals surface area contributed by atoms with Gasteiger partial charge in [-0.25, -0.2) is 0 Å². The first kappa shape index (κ1) is 18.9. The number of aromatic nitrogens is 2. The van der Waals surface area contributed by atoms with Gasteiger partial charge in [0, 0.05) is 25.2 Å². The Labute approximate surface area is 167 Å². The molecule has 0 bridgehead atoms.